The van der Waals surface area contributed by atoms with Crippen LogP contribution in [0.5, 0.6) is 0 Å². The number of hydrogen-bond acceptors (Lipinski definition) is 6. The first-order valence-corrected chi connectivity index (χ1v) is 7.52. The molecule has 1 N–H and O–H groups in total. The smallest absolute Gasteiger partial charge is 0.289 e. The van der Waals surface area contributed by atoms with Gasteiger partial charge in [0.15, 0.2) is 5.82 Å². The third-order valence-electron chi connectivity index (χ3n) is 4.20. The van der Waals surface area contributed by atoms with E-state index in [9.17, 15) is 15.2 Å². The molecule has 0 bridgehead atoms. The monoisotopic (exact) mass is 324 g/mol. The van der Waals surface area contributed by atoms with E-state index in [-0.39, 0.29) is 16.5 Å². The molecular weight excluding hydrogens is 308 g/mol. The zero-order valence-electron chi connectivity index (χ0n) is 12.4. The van der Waals surface area contributed by atoms with Gasteiger partial charge in [-0.05, 0) is 18.6 Å². The van der Waals surface area contributed by atoms with E-state index in [1.807, 2.05) is 13.0 Å². The third kappa shape index (κ3) is 2.30. The Balaban J connectivity index is 2.15. The number of aromatic nitrogens is 1. The first-order chi connectivity index (χ1) is 10.4. The van der Waals surface area contributed by atoms with E-state index in [0.717, 1.165) is 5.56 Å². The number of nitrogens with zero attached hydrogens (tertiary/aromatic N) is 4. The molecule has 8 heteroatoms. The van der Waals surface area contributed by atoms with Gasteiger partial charge in [-0.1, -0.05) is 24.6 Å². The van der Waals surface area contributed by atoms with Gasteiger partial charge in [0.05, 0.1) is 10.8 Å². The van der Waals surface area contributed by atoms with Crippen LogP contribution in [-0.2, 0) is 0 Å². The highest BCUT2D eigenvalue weighted by molar-refractivity contribution is 6.29. The normalized spacial score (nSPS) is 24.7. The van der Waals surface area contributed by atoms with Crippen LogP contribution < -0.4 is 4.90 Å². The lowest BCUT2D eigenvalue weighted by Crippen LogP contribution is -2.42. The summed E-state index contributed by atoms with van der Waals surface area (Å²) in [4.78, 5) is 18.9. The van der Waals surface area contributed by atoms with E-state index in [0.29, 0.717) is 36.3 Å². The van der Waals surface area contributed by atoms with E-state index in [4.69, 9.17) is 11.6 Å². The highest BCUT2D eigenvalue weighted by Crippen LogP contribution is 2.38. The summed E-state index contributed by atoms with van der Waals surface area (Å²) in [6, 6.07) is 3.53. The number of rotatable bonds is 2. The van der Waals surface area contributed by atoms with E-state index >= 15 is 0 Å². The van der Waals surface area contributed by atoms with Gasteiger partial charge in [0.1, 0.15) is 17.2 Å². The van der Waals surface area contributed by atoms with Crippen molar-refractivity contribution < 1.29 is 10.0 Å². The molecule has 0 radical (unpaired) electrons. The second-order valence-corrected chi connectivity index (χ2v) is 6.09. The van der Waals surface area contributed by atoms with Crippen LogP contribution in [0.3, 0.4) is 0 Å². The van der Waals surface area contributed by atoms with Crippen molar-refractivity contribution in [2.45, 2.75) is 26.5 Å². The quantitative estimate of drug-likeness (QED) is 0.509. The minimum atomic E-state index is -0.710. The number of nitro groups is 1. The third-order valence-corrected chi connectivity index (χ3v) is 4.41. The average molecular weight is 325 g/mol. The van der Waals surface area contributed by atoms with Gasteiger partial charge in [0, 0.05) is 19.5 Å². The van der Waals surface area contributed by atoms with Gasteiger partial charge >= 0.3 is 0 Å². The highest BCUT2D eigenvalue weighted by Gasteiger charge is 2.45. The molecule has 2 aliphatic heterocycles. The number of fused-ring (bicyclic) bond motifs is 1. The maximum Gasteiger partial charge on any atom is 0.289 e. The van der Waals surface area contributed by atoms with Gasteiger partial charge in [-0.2, -0.15) is 0 Å². The summed E-state index contributed by atoms with van der Waals surface area (Å²) in [5.41, 5.74) is 1.01. The fourth-order valence-electron chi connectivity index (χ4n) is 3.16. The molecular formula is C14H17ClN4O3. The number of halogens is 1. The Kier molecular flexibility index (Phi) is 3.70. The van der Waals surface area contributed by atoms with Crippen molar-refractivity contribution in [3.05, 3.63) is 44.5 Å². The number of aliphatic hydroxyl groups excluding tert-OH is 1. The van der Waals surface area contributed by atoms with Crippen LogP contribution in [0.15, 0.2) is 23.7 Å². The number of anilines is 1. The molecule has 2 atom stereocenters. The lowest BCUT2D eigenvalue weighted by atomic mass is 9.98. The van der Waals surface area contributed by atoms with Crippen molar-refractivity contribution in [2.75, 3.05) is 18.0 Å². The van der Waals surface area contributed by atoms with Crippen molar-refractivity contribution in [1.29, 1.82) is 0 Å². The Hall–Kier alpha value is -1.86. The maximum absolute atomic E-state index is 11.5. The van der Waals surface area contributed by atoms with Gasteiger partial charge < -0.3 is 14.9 Å². The number of aryl methyl sites for hydroxylation is 1. The number of pyridine rings is 1. The summed E-state index contributed by atoms with van der Waals surface area (Å²) in [6.07, 6.45) is -0.353. The fraction of sp³-hybridized carbons (Fsp3) is 0.500. The highest BCUT2D eigenvalue weighted by atomic mass is 35.5. The van der Waals surface area contributed by atoms with E-state index in [1.165, 1.54) is 0 Å². The summed E-state index contributed by atoms with van der Waals surface area (Å²) in [7, 11) is 0. The van der Waals surface area contributed by atoms with Crippen LogP contribution in [0.2, 0.25) is 5.15 Å². The van der Waals surface area contributed by atoms with Crippen LogP contribution in [-0.4, -0.2) is 39.2 Å². The molecule has 0 aliphatic carbocycles. The topological polar surface area (TPSA) is 82.7 Å². The molecule has 0 amide bonds. The summed E-state index contributed by atoms with van der Waals surface area (Å²) < 4.78 is 0. The van der Waals surface area contributed by atoms with Crippen molar-refractivity contribution in [3.8, 4) is 0 Å². The molecule has 118 valence electrons. The average Bonchev–Trinajstić information content (AvgIpc) is 2.86. The molecule has 1 aromatic rings. The SMILES string of the molecule is Cc1ccc(Cl)nc1N1CCN2C1=C([N+](=O)[O-])C(C)CC2O. The molecule has 1 aromatic heterocycles. The Morgan fingerprint density at radius 2 is 2.18 bits per heavy atom. The fourth-order valence-corrected chi connectivity index (χ4v) is 3.30. The van der Waals surface area contributed by atoms with Crippen LogP contribution in [0.4, 0.5) is 5.82 Å². The Morgan fingerprint density at radius 3 is 2.86 bits per heavy atom. The van der Waals surface area contributed by atoms with Crippen molar-refractivity contribution in [2.24, 2.45) is 5.92 Å². The second kappa shape index (κ2) is 5.40. The predicted octanol–water partition coefficient (Wildman–Crippen LogP) is 1.97. The molecule has 0 saturated carbocycles. The second-order valence-electron chi connectivity index (χ2n) is 5.70. The van der Waals surface area contributed by atoms with Crippen LogP contribution in [0, 0.1) is 23.0 Å². The number of allylic oxidation sites excluding steroid dienone is 1. The summed E-state index contributed by atoms with van der Waals surface area (Å²) in [6.45, 7) is 4.70. The van der Waals surface area contributed by atoms with Crippen LogP contribution in [0.25, 0.3) is 0 Å². The van der Waals surface area contributed by atoms with Gasteiger partial charge in [-0.25, -0.2) is 4.98 Å². The molecule has 2 aliphatic rings. The first kappa shape index (κ1) is 15.1. The maximum atomic E-state index is 11.5. The molecule has 0 aromatic carbocycles. The van der Waals surface area contributed by atoms with Crippen molar-refractivity contribution in [1.82, 2.24) is 9.88 Å². The minimum Gasteiger partial charge on any atom is -0.374 e. The summed E-state index contributed by atoms with van der Waals surface area (Å²) >= 11 is 5.98. The molecule has 7 nitrogen and oxygen atoms in total. The minimum absolute atomic E-state index is 0.129. The Morgan fingerprint density at radius 1 is 1.45 bits per heavy atom. The van der Waals surface area contributed by atoms with Crippen molar-refractivity contribution in [3.63, 3.8) is 0 Å². The standard InChI is InChI=1S/C14H17ClN4O3/c1-8-3-4-10(15)16-13(8)18-6-5-17-11(20)7-9(2)12(14(17)18)19(21)22/h3-4,9,11,20H,5-7H2,1-2H3. The van der Waals surface area contributed by atoms with Crippen LogP contribution >= 0.6 is 11.6 Å². The first-order valence-electron chi connectivity index (χ1n) is 7.14. The van der Waals surface area contributed by atoms with E-state index < -0.39 is 6.23 Å². The Bertz CT molecular complexity index is 663. The van der Waals surface area contributed by atoms with Gasteiger partial charge in [-0.15, -0.1) is 0 Å². The van der Waals surface area contributed by atoms with Gasteiger partial charge in [0.25, 0.3) is 5.70 Å². The van der Waals surface area contributed by atoms with Crippen molar-refractivity contribution >= 4 is 17.4 Å². The van der Waals surface area contributed by atoms with Gasteiger partial charge in [-0.3, -0.25) is 10.1 Å². The molecule has 3 rings (SSSR count). The summed E-state index contributed by atoms with van der Waals surface area (Å²) in [5.74, 6) is 0.719. The van der Waals surface area contributed by atoms with E-state index in [1.54, 1.807) is 22.8 Å². The van der Waals surface area contributed by atoms with E-state index in [2.05, 4.69) is 4.98 Å². The largest absolute Gasteiger partial charge is 0.374 e. The summed E-state index contributed by atoms with van der Waals surface area (Å²) in [5, 5.41) is 22.1. The lowest BCUT2D eigenvalue weighted by Gasteiger charge is -2.34. The molecule has 3 heterocycles. The molecule has 2 unspecified atom stereocenters. The molecule has 1 fully saturated rings. The number of aliphatic hydroxyl groups is 1. The van der Waals surface area contributed by atoms with Gasteiger partial charge in [0.2, 0.25) is 0 Å². The lowest BCUT2D eigenvalue weighted by molar-refractivity contribution is -0.438. The zero-order valence-corrected chi connectivity index (χ0v) is 13.1. The van der Waals surface area contributed by atoms with Crippen LogP contribution in [0.1, 0.15) is 18.9 Å². The molecule has 0 spiro atoms. The zero-order chi connectivity index (χ0) is 16.0. The predicted molar refractivity (Wildman–Crippen MR) is 81.8 cm³/mol. The Labute approximate surface area is 133 Å². The number of hydrogen-bond donors (Lipinski definition) is 1. The molecule has 1 saturated heterocycles. The molecule has 22 heavy (non-hydrogen) atoms.